The van der Waals surface area contributed by atoms with Gasteiger partial charge in [-0.25, -0.2) is 0 Å². The molecule has 6 heteroatoms. The smallest absolute Gasteiger partial charge is 0.188 e. The van der Waals surface area contributed by atoms with Gasteiger partial charge in [0.05, 0.1) is 14.2 Å². The second kappa shape index (κ2) is 14.0. The molecule has 0 aliphatic rings. The van der Waals surface area contributed by atoms with Gasteiger partial charge in [0.1, 0.15) is 0 Å². The van der Waals surface area contributed by atoms with Crippen LogP contribution in [0.4, 0.5) is 0 Å². The Balaban J connectivity index is 0.00000576. The van der Waals surface area contributed by atoms with E-state index in [1.165, 1.54) is 24.8 Å². The average Bonchev–Trinajstić information content (AvgIpc) is 2.59. The van der Waals surface area contributed by atoms with Crippen molar-refractivity contribution in [2.24, 2.45) is 16.6 Å². The summed E-state index contributed by atoms with van der Waals surface area (Å²) in [4.78, 5) is 4.44. The summed E-state index contributed by atoms with van der Waals surface area (Å²) in [6.45, 7) is 6.00. The first-order valence-corrected chi connectivity index (χ1v) is 8.85. The van der Waals surface area contributed by atoms with Gasteiger partial charge in [0, 0.05) is 13.1 Å². The molecule has 0 amide bonds. The molecule has 1 unspecified atom stereocenters. The van der Waals surface area contributed by atoms with E-state index in [1.54, 1.807) is 14.2 Å². The van der Waals surface area contributed by atoms with Gasteiger partial charge in [-0.2, -0.15) is 0 Å². The molecule has 0 aliphatic heterocycles. The molecule has 3 N–H and O–H groups in total. The van der Waals surface area contributed by atoms with Crippen molar-refractivity contribution in [3.8, 4) is 11.5 Å². The summed E-state index contributed by atoms with van der Waals surface area (Å²) in [7, 11) is 3.30. The Morgan fingerprint density at radius 2 is 1.88 bits per heavy atom. The summed E-state index contributed by atoms with van der Waals surface area (Å²) in [5.74, 6) is 2.47. The van der Waals surface area contributed by atoms with E-state index in [1.807, 2.05) is 12.1 Å². The lowest BCUT2D eigenvalue weighted by Gasteiger charge is -2.13. The van der Waals surface area contributed by atoms with E-state index < -0.39 is 0 Å². The Morgan fingerprint density at radius 3 is 2.52 bits per heavy atom. The van der Waals surface area contributed by atoms with Crippen molar-refractivity contribution in [1.82, 2.24) is 5.32 Å². The topological polar surface area (TPSA) is 68.9 Å². The van der Waals surface area contributed by atoms with Gasteiger partial charge in [-0.1, -0.05) is 39.2 Å². The molecule has 1 rings (SSSR count). The number of benzene rings is 1. The molecule has 0 saturated carbocycles. The first-order chi connectivity index (χ1) is 11.6. The minimum Gasteiger partial charge on any atom is -0.493 e. The minimum absolute atomic E-state index is 0. The maximum Gasteiger partial charge on any atom is 0.188 e. The Kier molecular flexibility index (Phi) is 13.4. The molecule has 1 aromatic rings. The van der Waals surface area contributed by atoms with Crippen molar-refractivity contribution in [3.63, 3.8) is 0 Å². The van der Waals surface area contributed by atoms with Crippen LogP contribution in [0.1, 0.15) is 45.1 Å². The number of rotatable bonds is 11. The van der Waals surface area contributed by atoms with E-state index >= 15 is 0 Å². The highest BCUT2D eigenvalue weighted by molar-refractivity contribution is 14.0. The number of guanidine groups is 1. The first kappa shape index (κ1) is 23.8. The predicted octanol–water partition coefficient (Wildman–Crippen LogP) is 3.99. The third-order valence-corrected chi connectivity index (χ3v) is 3.94. The molecule has 0 aliphatic carbocycles. The van der Waals surface area contributed by atoms with Gasteiger partial charge in [0.25, 0.3) is 0 Å². The van der Waals surface area contributed by atoms with Crippen LogP contribution in [0.25, 0.3) is 0 Å². The molecule has 25 heavy (non-hydrogen) atoms. The largest absolute Gasteiger partial charge is 0.493 e. The van der Waals surface area contributed by atoms with Crippen LogP contribution in [-0.4, -0.2) is 33.3 Å². The number of ether oxygens (including phenoxy) is 2. The molecule has 0 aromatic heterocycles. The number of hydrogen-bond acceptors (Lipinski definition) is 3. The Labute approximate surface area is 169 Å². The van der Waals surface area contributed by atoms with E-state index in [2.05, 4.69) is 30.2 Å². The third kappa shape index (κ3) is 9.77. The van der Waals surface area contributed by atoms with Crippen molar-refractivity contribution in [2.75, 3.05) is 27.3 Å². The average molecular weight is 463 g/mol. The molecule has 144 valence electrons. The van der Waals surface area contributed by atoms with Crippen LogP contribution >= 0.6 is 24.0 Å². The summed E-state index contributed by atoms with van der Waals surface area (Å²) < 4.78 is 10.6. The van der Waals surface area contributed by atoms with E-state index in [0.717, 1.165) is 30.9 Å². The number of aliphatic imine (C=N–C) groups is 1. The van der Waals surface area contributed by atoms with Gasteiger partial charge in [-0.15, -0.1) is 24.0 Å². The number of halogens is 1. The maximum atomic E-state index is 5.92. The van der Waals surface area contributed by atoms with Crippen molar-refractivity contribution in [3.05, 3.63) is 23.8 Å². The Bertz CT molecular complexity index is 509. The lowest BCUT2D eigenvalue weighted by atomic mass is 10.0. The van der Waals surface area contributed by atoms with Gasteiger partial charge < -0.3 is 20.5 Å². The van der Waals surface area contributed by atoms with Gasteiger partial charge in [0.2, 0.25) is 0 Å². The van der Waals surface area contributed by atoms with Crippen LogP contribution in [0.5, 0.6) is 11.5 Å². The van der Waals surface area contributed by atoms with Crippen molar-refractivity contribution >= 4 is 29.9 Å². The van der Waals surface area contributed by atoms with Gasteiger partial charge in [-0.3, -0.25) is 4.99 Å². The SMILES string of the molecule is CCCCCCNC(N)=NCC(C)Cc1ccc(OC)c(OC)c1.I. The number of unbranched alkanes of at least 4 members (excludes halogenated alkanes) is 3. The van der Waals surface area contributed by atoms with Crippen LogP contribution in [0, 0.1) is 5.92 Å². The normalized spacial score (nSPS) is 12.2. The maximum absolute atomic E-state index is 5.92. The zero-order valence-corrected chi connectivity index (χ0v) is 18.3. The molecular weight excluding hydrogens is 429 g/mol. The quantitative estimate of drug-likeness (QED) is 0.226. The summed E-state index contributed by atoms with van der Waals surface area (Å²) in [5, 5.41) is 3.19. The summed E-state index contributed by atoms with van der Waals surface area (Å²) >= 11 is 0. The zero-order valence-electron chi connectivity index (χ0n) is 16.0. The van der Waals surface area contributed by atoms with Gasteiger partial charge in [0.15, 0.2) is 17.5 Å². The van der Waals surface area contributed by atoms with Gasteiger partial charge >= 0.3 is 0 Å². The summed E-state index contributed by atoms with van der Waals surface area (Å²) in [5.41, 5.74) is 7.13. The second-order valence-corrected chi connectivity index (χ2v) is 6.21. The highest BCUT2D eigenvalue weighted by atomic mass is 127. The molecule has 1 aromatic carbocycles. The van der Waals surface area contributed by atoms with Crippen molar-refractivity contribution < 1.29 is 9.47 Å². The van der Waals surface area contributed by atoms with Crippen LogP contribution in [0.3, 0.4) is 0 Å². The molecule has 1 atom stereocenters. The number of nitrogens with one attached hydrogen (secondary N) is 1. The van der Waals surface area contributed by atoms with Crippen LogP contribution in [0.15, 0.2) is 23.2 Å². The monoisotopic (exact) mass is 463 g/mol. The standard InChI is InChI=1S/C19H33N3O2.HI/c1-5-6-7-8-11-21-19(20)22-14-15(2)12-16-9-10-17(23-3)18(13-16)24-4;/h9-10,13,15H,5-8,11-12,14H2,1-4H3,(H3,20,21,22);1H. The Hall–Kier alpha value is -1.18. The highest BCUT2D eigenvalue weighted by Gasteiger charge is 2.08. The van der Waals surface area contributed by atoms with E-state index in [9.17, 15) is 0 Å². The Morgan fingerprint density at radius 1 is 1.16 bits per heavy atom. The van der Waals surface area contributed by atoms with Crippen molar-refractivity contribution in [1.29, 1.82) is 0 Å². The van der Waals surface area contributed by atoms with Crippen LogP contribution < -0.4 is 20.5 Å². The molecule has 0 bridgehead atoms. The molecular formula is C19H34IN3O2. The molecule has 0 heterocycles. The predicted molar refractivity (Wildman–Crippen MR) is 116 cm³/mol. The molecule has 0 radical (unpaired) electrons. The number of hydrogen-bond donors (Lipinski definition) is 2. The van der Waals surface area contributed by atoms with E-state index in [0.29, 0.717) is 18.4 Å². The molecule has 0 fully saturated rings. The molecule has 0 saturated heterocycles. The van der Waals surface area contributed by atoms with Crippen molar-refractivity contribution in [2.45, 2.75) is 46.0 Å². The van der Waals surface area contributed by atoms with E-state index in [4.69, 9.17) is 15.2 Å². The molecule has 0 spiro atoms. The highest BCUT2D eigenvalue weighted by Crippen LogP contribution is 2.28. The fourth-order valence-corrected chi connectivity index (χ4v) is 2.55. The summed E-state index contributed by atoms with van der Waals surface area (Å²) in [6.07, 6.45) is 5.84. The third-order valence-electron chi connectivity index (χ3n) is 3.94. The summed E-state index contributed by atoms with van der Waals surface area (Å²) in [6, 6.07) is 6.03. The van der Waals surface area contributed by atoms with E-state index in [-0.39, 0.29) is 24.0 Å². The fraction of sp³-hybridized carbons (Fsp3) is 0.632. The fourth-order valence-electron chi connectivity index (χ4n) is 2.55. The van der Waals surface area contributed by atoms with Crippen LogP contribution in [-0.2, 0) is 6.42 Å². The number of nitrogens with two attached hydrogens (primary N) is 1. The lowest BCUT2D eigenvalue weighted by Crippen LogP contribution is -2.33. The van der Waals surface area contributed by atoms with Gasteiger partial charge in [-0.05, 0) is 36.5 Å². The molecule has 5 nitrogen and oxygen atoms in total. The number of methoxy groups -OCH3 is 2. The second-order valence-electron chi connectivity index (χ2n) is 6.21. The van der Waals surface area contributed by atoms with Crippen LogP contribution in [0.2, 0.25) is 0 Å². The first-order valence-electron chi connectivity index (χ1n) is 8.85. The minimum atomic E-state index is 0. The zero-order chi connectivity index (χ0) is 17.8. The lowest BCUT2D eigenvalue weighted by molar-refractivity contribution is 0.354. The number of nitrogens with zero attached hydrogens (tertiary/aromatic N) is 1.